The number of aliphatic imine (C=N–C) groups is 1. The molecule has 100 valence electrons. The van der Waals surface area contributed by atoms with E-state index in [1.165, 1.54) is 0 Å². The van der Waals surface area contributed by atoms with Gasteiger partial charge in [-0.15, -0.1) is 0 Å². The average Bonchev–Trinajstić information content (AvgIpc) is 2.37. The van der Waals surface area contributed by atoms with Gasteiger partial charge in [0.1, 0.15) is 5.75 Å². The zero-order valence-electron chi connectivity index (χ0n) is 11.5. The molecule has 0 spiro atoms. The second-order valence-corrected chi connectivity index (χ2v) is 4.29. The zero-order chi connectivity index (χ0) is 13.4. The molecule has 18 heavy (non-hydrogen) atoms. The molecule has 3 N–H and O–H groups in total. The topological polar surface area (TPSA) is 59.6 Å². The minimum absolute atomic E-state index is 0.511. The molecule has 0 saturated heterocycles. The molecule has 0 aliphatic heterocycles. The Hall–Kier alpha value is -1.71. The lowest BCUT2D eigenvalue weighted by molar-refractivity contribution is 0.411. The summed E-state index contributed by atoms with van der Waals surface area (Å²) in [6, 6.07) is 6.04. The fourth-order valence-electron chi connectivity index (χ4n) is 1.66. The molecule has 0 heterocycles. The molecule has 1 aromatic rings. The van der Waals surface area contributed by atoms with Crippen LogP contribution in [0, 0.1) is 6.92 Å². The summed E-state index contributed by atoms with van der Waals surface area (Å²) in [6.45, 7) is 5.65. The minimum atomic E-state index is 0.511. The second-order valence-electron chi connectivity index (χ2n) is 4.29. The van der Waals surface area contributed by atoms with Crippen LogP contribution in [-0.2, 0) is 6.54 Å². The molecule has 0 aliphatic rings. The average molecular weight is 249 g/mol. The number of rotatable bonds is 6. The van der Waals surface area contributed by atoms with Crippen molar-refractivity contribution in [1.29, 1.82) is 0 Å². The van der Waals surface area contributed by atoms with Crippen molar-refractivity contribution < 1.29 is 4.74 Å². The number of guanidine groups is 1. The highest BCUT2D eigenvalue weighted by Gasteiger charge is 1.99. The number of methoxy groups -OCH3 is 1. The van der Waals surface area contributed by atoms with Crippen LogP contribution in [0.1, 0.15) is 30.9 Å². The number of hydrogen-bond acceptors (Lipinski definition) is 2. The molecular formula is C14H23N3O. The van der Waals surface area contributed by atoms with Crippen LogP contribution in [-0.4, -0.2) is 19.6 Å². The van der Waals surface area contributed by atoms with E-state index in [2.05, 4.69) is 23.3 Å². The Bertz CT molecular complexity index is 402. The van der Waals surface area contributed by atoms with Crippen LogP contribution < -0.4 is 15.8 Å². The summed E-state index contributed by atoms with van der Waals surface area (Å²) < 4.78 is 5.22. The van der Waals surface area contributed by atoms with E-state index in [1.807, 2.05) is 19.1 Å². The normalized spacial score (nSPS) is 11.4. The predicted molar refractivity (Wildman–Crippen MR) is 76.0 cm³/mol. The van der Waals surface area contributed by atoms with Gasteiger partial charge in [-0.3, -0.25) is 0 Å². The maximum Gasteiger partial charge on any atom is 0.188 e. The molecule has 0 aliphatic carbocycles. The maximum absolute atomic E-state index is 5.77. The Balaban J connectivity index is 2.52. The third-order valence-electron chi connectivity index (χ3n) is 2.73. The van der Waals surface area contributed by atoms with Gasteiger partial charge in [-0.25, -0.2) is 4.99 Å². The number of ether oxygens (including phenoxy) is 1. The first-order chi connectivity index (χ1) is 8.67. The molecule has 0 amide bonds. The molecule has 0 saturated carbocycles. The fraction of sp³-hybridized carbons (Fsp3) is 0.500. The van der Waals surface area contributed by atoms with Gasteiger partial charge in [0.15, 0.2) is 5.96 Å². The molecule has 0 atom stereocenters. The number of unbranched alkanes of at least 4 members (excludes halogenated alkanes) is 1. The van der Waals surface area contributed by atoms with Crippen molar-refractivity contribution in [3.05, 3.63) is 29.3 Å². The summed E-state index contributed by atoms with van der Waals surface area (Å²) in [7, 11) is 1.68. The number of nitrogens with two attached hydrogens (primary N) is 1. The summed E-state index contributed by atoms with van der Waals surface area (Å²) in [4.78, 5) is 4.31. The van der Waals surface area contributed by atoms with E-state index in [1.54, 1.807) is 7.11 Å². The molecule has 1 aromatic carbocycles. The highest BCUT2D eigenvalue weighted by Crippen LogP contribution is 2.18. The van der Waals surface area contributed by atoms with E-state index >= 15 is 0 Å². The van der Waals surface area contributed by atoms with Gasteiger partial charge in [-0.1, -0.05) is 25.5 Å². The largest absolute Gasteiger partial charge is 0.496 e. The highest BCUT2D eigenvalue weighted by molar-refractivity contribution is 5.77. The number of hydrogen-bond donors (Lipinski definition) is 2. The Morgan fingerprint density at radius 3 is 2.83 bits per heavy atom. The number of benzene rings is 1. The van der Waals surface area contributed by atoms with Gasteiger partial charge in [0, 0.05) is 6.54 Å². The summed E-state index contributed by atoms with van der Waals surface area (Å²) in [5, 5.41) is 3.09. The van der Waals surface area contributed by atoms with E-state index in [0.717, 1.165) is 36.3 Å². The number of nitrogens with one attached hydrogen (secondary N) is 1. The zero-order valence-corrected chi connectivity index (χ0v) is 11.5. The van der Waals surface area contributed by atoms with E-state index in [-0.39, 0.29) is 0 Å². The highest BCUT2D eigenvalue weighted by atomic mass is 16.5. The second kappa shape index (κ2) is 7.58. The summed E-state index contributed by atoms with van der Waals surface area (Å²) in [5.41, 5.74) is 8.02. The van der Waals surface area contributed by atoms with Gasteiger partial charge in [-0.05, 0) is 30.5 Å². The van der Waals surface area contributed by atoms with Crippen LogP contribution in [0.5, 0.6) is 5.75 Å². The smallest absolute Gasteiger partial charge is 0.188 e. The fourth-order valence-corrected chi connectivity index (χ4v) is 1.66. The third kappa shape index (κ3) is 4.65. The van der Waals surface area contributed by atoms with Gasteiger partial charge < -0.3 is 15.8 Å². The molecule has 0 aromatic heterocycles. The quantitative estimate of drug-likeness (QED) is 0.461. The van der Waals surface area contributed by atoms with Crippen LogP contribution in [0.2, 0.25) is 0 Å². The van der Waals surface area contributed by atoms with Gasteiger partial charge in [-0.2, -0.15) is 0 Å². The van der Waals surface area contributed by atoms with E-state index in [9.17, 15) is 0 Å². The van der Waals surface area contributed by atoms with Crippen molar-refractivity contribution in [2.75, 3.05) is 13.7 Å². The summed E-state index contributed by atoms with van der Waals surface area (Å²) >= 11 is 0. The minimum Gasteiger partial charge on any atom is -0.496 e. The van der Waals surface area contributed by atoms with Crippen molar-refractivity contribution in [2.45, 2.75) is 33.2 Å². The summed E-state index contributed by atoms with van der Waals surface area (Å²) in [6.07, 6.45) is 2.26. The van der Waals surface area contributed by atoms with Crippen LogP contribution in [0.3, 0.4) is 0 Å². The molecule has 4 heteroatoms. The van der Waals surface area contributed by atoms with Gasteiger partial charge in [0.05, 0.1) is 13.7 Å². The Labute approximate surface area is 109 Å². The molecule has 0 radical (unpaired) electrons. The predicted octanol–water partition coefficient (Wildman–Crippen LogP) is 2.21. The molecular weight excluding hydrogens is 226 g/mol. The maximum atomic E-state index is 5.77. The molecule has 4 nitrogen and oxygen atoms in total. The van der Waals surface area contributed by atoms with E-state index in [4.69, 9.17) is 10.5 Å². The van der Waals surface area contributed by atoms with Crippen LogP contribution in [0.25, 0.3) is 0 Å². The Morgan fingerprint density at radius 1 is 1.44 bits per heavy atom. The van der Waals surface area contributed by atoms with Crippen molar-refractivity contribution in [3.8, 4) is 5.75 Å². The van der Waals surface area contributed by atoms with Crippen LogP contribution in [0.4, 0.5) is 0 Å². The van der Waals surface area contributed by atoms with Gasteiger partial charge in [0.25, 0.3) is 0 Å². The molecule has 1 rings (SSSR count). The first kappa shape index (κ1) is 14.4. The molecule has 0 unspecified atom stereocenters. The van der Waals surface area contributed by atoms with Gasteiger partial charge >= 0.3 is 0 Å². The van der Waals surface area contributed by atoms with Crippen LogP contribution in [0.15, 0.2) is 23.2 Å². The van der Waals surface area contributed by atoms with E-state index in [0.29, 0.717) is 12.5 Å². The first-order valence-corrected chi connectivity index (χ1v) is 6.34. The van der Waals surface area contributed by atoms with Crippen molar-refractivity contribution in [1.82, 2.24) is 5.32 Å². The summed E-state index contributed by atoms with van der Waals surface area (Å²) in [5.74, 6) is 1.41. The lowest BCUT2D eigenvalue weighted by Gasteiger charge is -2.07. The lowest BCUT2D eigenvalue weighted by Crippen LogP contribution is -2.32. The molecule has 0 bridgehead atoms. The van der Waals surface area contributed by atoms with Crippen molar-refractivity contribution in [2.24, 2.45) is 10.7 Å². The molecule has 0 fully saturated rings. The van der Waals surface area contributed by atoms with Crippen molar-refractivity contribution in [3.63, 3.8) is 0 Å². The van der Waals surface area contributed by atoms with Crippen molar-refractivity contribution >= 4 is 5.96 Å². The van der Waals surface area contributed by atoms with Crippen LogP contribution >= 0.6 is 0 Å². The Morgan fingerprint density at radius 2 is 2.22 bits per heavy atom. The monoisotopic (exact) mass is 249 g/mol. The van der Waals surface area contributed by atoms with E-state index < -0.39 is 0 Å². The first-order valence-electron chi connectivity index (χ1n) is 6.34. The lowest BCUT2D eigenvalue weighted by atomic mass is 10.1. The van der Waals surface area contributed by atoms with Gasteiger partial charge in [0.2, 0.25) is 0 Å². The third-order valence-corrected chi connectivity index (χ3v) is 2.73. The number of nitrogens with zero attached hydrogens (tertiary/aromatic N) is 1. The Kier molecular flexibility index (Phi) is 6.05. The number of aryl methyl sites for hydroxylation is 1. The standard InChI is InChI=1S/C14H23N3O/c1-4-5-8-16-14(15)17-10-12-6-7-13(18-3)11(2)9-12/h6-7,9H,4-5,8,10H2,1-3H3,(H3,15,16,17). The SMILES string of the molecule is CCCCNC(N)=NCc1ccc(OC)c(C)c1.